The molecule has 1 aromatic carbocycles. The van der Waals surface area contributed by atoms with E-state index in [0.717, 1.165) is 70.9 Å². The van der Waals surface area contributed by atoms with E-state index in [4.69, 9.17) is 9.97 Å². The number of imidazole rings is 1. The lowest BCUT2D eigenvalue weighted by molar-refractivity contribution is 0.367. The highest BCUT2D eigenvalue weighted by atomic mass is 32.2. The zero-order valence-corrected chi connectivity index (χ0v) is 19.4. The lowest BCUT2D eigenvalue weighted by Crippen LogP contribution is -2.36. The molecule has 9 heteroatoms. The van der Waals surface area contributed by atoms with Crippen molar-refractivity contribution in [2.24, 2.45) is 0 Å². The van der Waals surface area contributed by atoms with E-state index in [1.807, 2.05) is 43.3 Å². The largest absolute Gasteiger partial charge is 0.340 e. The number of benzene rings is 1. The van der Waals surface area contributed by atoms with Crippen molar-refractivity contribution < 1.29 is 8.42 Å². The van der Waals surface area contributed by atoms with Crippen molar-refractivity contribution in [3.8, 4) is 22.6 Å². The number of rotatable bonds is 5. The fraction of sp³-hybridized carbons (Fsp3) is 0.333. The monoisotopic (exact) mass is 462 g/mol. The van der Waals surface area contributed by atoms with Gasteiger partial charge >= 0.3 is 0 Å². The molecule has 0 bridgehead atoms. The number of hydrogen-bond donors (Lipinski definition) is 2. The van der Waals surface area contributed by atoms with Crippen molar-refractivity contribution >= 4 is 21.1 Å². The molecule has 3 heterocycles. The lowest BCUT2D eigenvalue weighted by Gasteiger charge is -2.27. The van der Waals surface area contributed by atoms with Crippen LogP contribution in [-0.2, 0) is 10.0 Å². The summed E-state index contributed by atoms with van der Waals surface area (Å²) in [5.74, 6) is 1.15. The Balaban J connectivity index is 1.51. The van der Waals surface area contributed by atoms with Crippen molar-refractivity contribution in [2.75, 3.05) is 6.26 Å². The minimum Gasteiger partial charge on any atom is -0.340 e. The van der Waals surface area contributed by atoms with Crippen LogP contribution in [0, 0.1) is 6.92 Å². The van der Waals surface area contributed by atoms with Crippen LogP contribution in [0.1, 0.15) is 43.1 Å². The summed E-state index contributed by atoms with van der Waals surface area (Å²) in [7, 11) is -3.20. The summed E-state index contributed by atoms with van der Waals surface area (Å²) >= 11 is 0. The quantitative estimate of drug-likeness (QED) is 0.464. The molecule has 4 aromatic rings. The number of sulfonamides is 1. The first kappa shape index (κ1) is 21.7. The summed E-state index contributed by atoms with van der Waals surface area (Å²) in [4.78, 5) is 22.1. The maximum absolute atomic E-state index is 11.6. The van der Waals surface area contributed by atoms with E-state index in [-0.39, 0.29) is 12.0 Å². The minimum atomic E-state index is -3.20. The molecular weight excluding hydrogens is 436 g/mol. The van der Waals surface area contributed by atoms with E-state index >= 15 is 0 Å². The number of H-pyrrole nitrogens is 1. The highest BCUT2D eigenvalue weighted by Gasteiger charge is 2.27. The predicted molar refractivity (Wildman–Crippen MR) is 128 cm³/mol. The van der Waals surface area contributed by atoms with Crippen LogP contribution < -0.4 is 4.72 Å². The van der Waals surface area contributed by atoms with E-state index in [9.17, 15) is 8.42 Å². The third-order valence-corrected chi connectivity index (χ3v) is 6.87. The molecule has 0 spiro atoms. The summed E-state index contributed by atoms with van der Waals surface area (Å²) in [5.41, 5.74) is 6.11. The molecule has 2 N–H and O–H groups in total. The summed E-state index contributed by atoms with van der Waals surface area (Å²) in [5, 5.41) is 0. The molecule has 1 aliphatic rings. The number of nitrogens with one attached hydrogen (secondary N) is 2. The van der Waals surface area contributed by atoms with Crippen LogP contribution in [0.5, 0.6) is 0 Å². The van der Waals surface area contributed by atoms with Gasteiger partial charge < -0.3 is 4.98 Å². The third-order valence-electron chi connectivity index (χ3n) is 6.10. The molecule has 0 saturated heterocycles. The highest BCUT2D eigenvalue weighted by Crippen LogP contribution is 2.37. The van der Waals surface area contributed by atoms with Crippen LogP contribution in [0.3, 0.4) is 0 Å². The molecule has 33 heavy (non-hydrogen) atoms. The molecule has 0 amide bonds. The highest BCUT2D eigenvalue weighted by molar-refractivity contribution is 7.88. The zero-order chi connectivity index (χ0) is 23.0. The van der Waals surface area contributed by atoms with E-state index in [0.29, 0.717) is 0 Å². The van der Waals surface area contributed by atoms with Crippen molar-refractivity contribution in [1.29, 1.82) is 0 Å². The molecule has 5 rings (SSSR count). The molecule has 3 aromatic heterocycles. The van der Waals surface area contributed by atoms with E-state index < -0.39 is 10.0 Å². The number of fused-ring (bicyclic) bond motifs is 1. The van der Waals surface area contributed by atoms with Crippen LogP contribution in [0.2, 0.25) is 0 Å². The Morgan fingerprint density at radius 1 is 0.970 bits per heavy atom. The Bertz CT molecular complexity index is 1410. The molecule has 0 radical (unpaired) electrons. The van der Waals surface area contributed by atoms with Crippen molar-refractivity contribution in [3.63, 3.8) is 0 Å². The van der Waals surface area contributed by atoms with Gasteiger partial charge in [0.15, 0.2) is 0 Å². The fourth-order valence-corrected chi connectivity index (χ4v) is 5.40. The van der Waals surface area contributed by atoms with Gasteiger partial charge in [0.2, 0.25) is 10.0 Å². The molecule has 1 aliphatic carbocycles. The normalized spacial score (nSPS) is 19.1. The second kappa shape index (κ2) is 8.64. The van der Waals surface area contributed by atoms with Crippen molar-refractivity contribution in [1.82, 2.24) is 29.6 Å². The topological polar surface area (TPSA) is 114 Å². The standard InChI is InChI=1S/C24H26N6O2S/c1-15-4-3-5-20(27-15)23-22(17-8-11-19-21(14-17)26-13-12-25-19)28-24(29-23)16-6-9-18(10-7-16)30-33(2,31)32/h3-5,8,11-14,16,18,30H,6-7,9-10H2,1-2H3,(H,28,29). The van der Waals surface area contributed by atoms with Crippen LogP contribution in [-0.4, -0.2) is 45.6 Å². The van der Waals surface area contributed by atoms with E-state index in [1.165, 1.54) is 6.26 Å². The maximum Gasteiger partial charge on any atom is 0.208 e. The van der Waals surface area contributed by atoms with Crippen LogP contribution in [0.15, 0.2) is 48.8 Å². The summed E-state index contributed by atoms with van der Waals surface area (Å²) < 4.78 is 25.9. The average molecular weight is 463 g/mol. The van der Waals surface area contributed by atoms with Crippen LogP contribution in [0.4, 0.5) is 0 Å². The molecule has 170 valence electrons. The van der Waals surface area contributed by atoms with Gasteiger partial charge in [-0.15, -0.1) is 0 Å². The van der Waals surface area contributed by atoms with Gasteiger partial charge in [-0.3, -0.25) is 15.0 Å². The van der Waals surface area contributed by atoms with Gasteiger partial charge in [0.05, 0.1) is 34.4 Å². The number of pyridine rings is 1. The Morgan fingerprint density at radius 3 is 2.45 bits per heavy atom. The zero-order valence-electron chi connectivity index (χ0n) is 18.6. The molecule has 0 unspecified atom stereocenters. The van der Waals surface area contributed by atoms with Gasteiger partial charge in [0.25, 0.3) is 0 Å². The number of aryl methyl sites for hydroxylation is 1. The van der Waals surface area contributed by atoms with E-state index in [2.05, 4.69) is 19.7 Å². The Kier molecular flexibility index (Phi) is 5.67. The van der Waals surface area contributed by atoms with Crippen molar-refractivity contribution in [2.45, 2.75) is 44.6 Å². The Morgan fingerprint density at radius 2 is 1.73 bits per heavy atom. The molecular formula is C24H26N6O2S. The fourth-order valence-electron chi connectivity index (χ4n) is 4.56. The first-order chi connectivity index (χ1) is 15.9. The predicted octanol–water partition coefficient (Wildman–Crippen LogP) is 3.97. The number of nitrogens with zero attached hydrogens (tertiary/aromatic N) is 4. The Hall–Kier alpha value is -3.17. The molecule has 0 atom stereocenters. The minimum absolute atomic E-state index is 0.0114. The van der Waals surface area contributed by atoms with Crippen LogP contribution in [0.25, 0.3) is 33.7 Å². The van der Waals surface area contributed by atoms with Gasteiger partial charge in [-0.1, -0.05) is 12.1 Å². The smallest absolute Gasteiger partial charge is 0.208 e. The molecule has 1 saturated carbocycles. The molecule has 1 fully saturated rings. The lowest BCUT2D eigenvalue weighted by atomic mass is 9.86. The Labute approximate surface area is 193 Å². The maximum atomic E-state index is 11.6. The number of aromatic amines is 1. The molecule has 0 aliphatic heterocycles. The summed E-state index contributed by atoms with van der Waals surface area (Å²) in [6.45, 7) is 1.97. The summed E-state index contributed by atoms with van der Waals surface area (Å²) in [6.07, 6.45) is 7.90. The SMILES string of the molecule is Cc1cccc(-c2[nH]c(C3CCC(NS(C)(=O)=O)CC3)nc2-c2ccc3nccnc3c2)n1. The summed E-state index contributed by atoms with van der Waals surface area (Å²) in [6, 6.07) is 11.9. The van der Waals surface area contributed by atoms with Gasteiger partial charge in [-0.05, 0) is 56.9 Å². The van der Waals surface area contributed by atoms with Gasteiger partial charge in [-0.25, -0.2) is 18.1 Å². The second-order valence-electron chi connectivity index (χ2n) is 8.71. The van der Waals surface area contributed by atoms with E-state index in [1.54, 1.807) is 12.4 Å². The number of aromatic nitrogens is 5. The van der Waals surface area contributed by atoms with Gasteiger partial charge in [0.1, 0.15) is 5.82 Å². The first-order valence-electron chi connectivity index (χ1n) is 11.1. The van der Waals surface area contributed by atoms with Crippen LogP contribution >= 0.6 is 0 Å². The first-order valence-corrected chi connectivity index (χ1v) is 13.0. The second-order valence-corrected chi connectivity index (χ2v) is 10.5. The van der Waals surface area contributed by atoms with Gasteiger partial charge in [-0.2, -0.15) is 0 Å². The average Bonchev–Trinajstić information content (AvgIpc) is 3.24. The third kappa shape index (κ3) is 4.79. The number of hydrogen-bond acceptors (Lipinski definition) is 6. The van der Waals surface area contributed by atoms with Gasteiger partial charge in [0, 0.05) is 35.6 Å². The van der Waals surface area contributed by atoms with Crippen molar-refractivity contribution in [3.05, 3.63) is 60.3 Å². The molecule has 8 nitrogen and oxygen atoms in total.